The number of carbonyl (C=O) groups excluding carboxylic acids is 2. The number of allylic oxidation sites excluding steroid dienone is 1. The molecule has 1 aromatic carbocycles. The van der Waals surface area contributed by atoms with Crippen molar-refractivity contribution in [1.29, 1.82) is 0 Å². The summed E-state index contributed by atoms with van der Waals surface area (Å²) in [6.45, 7) is 5.53. The van der Waals surface area contributed by atoms with Gasteiger partial charge in [-0.2, -0.15) is 0 Å². The Hall–Kier alpha value is -2.10. The predicted octanol–water partition coefficient (Wildman–Crippen LogP) is 3.09. The molecule has 1 rings (SSSR count). The topological polar surface area (TPSA) is 55.4 Å². The highest BCUT2D eigenvalue weighted by Crippen LogP contribution is 2.10. The van der Waals surface area contributed by atoms with Crippen molar-refractivity contribution in [2.45, 2.75) is 39.7 Å². The summed E-state index contributed by atoms with van der Waals surface area (Å²) in [5.74, 6) is -0.844. The van der Waals surface area contributed by atoms with E-state index in [-0.39, 0.29) is 5.91 Å². The molecule has 0 heterocycles. The molecule has 4 nitrogen and oxygen atoms in total. The first-order valence-corrected chi connectivity index (χ1v) is 6.83. The number of rotatable bonds is 6. The van der Waals surface area contributed by atoms with E-state index in [9.17, 15) is 9.59 Å². The first-order chi connectivity index (χ1) is 9.56. The third-order valence-electron chi connectivity index (χ3n) is 2.78. The van der Waals surface area contributed by atoms with Crippen molar-refractivity contribution in [3.63, 3.8) is 0 Å². The largest absolute Gasteiger partial charge is 0.449 e. The van der Waals surface area contributed by atoms with Crippen molar-refractivity contribution < 1.29 is 14.3 Å². The Labute approximate surface area is 119 Å². The normalized spacial score (nSPS) is 12.2. The van der Waals surface area contributed by atoms with Gasteiger partial charge >= 0.3 is 5.97 Å². The second kappa shape index (κ2) is 8.15. The molecule has 1 amide bonds. The number of esters is 1. The SMILES string of the molecule is CC/C=C/C(=O)O[C@H](C)C(=O)Nc1ccc(CC)cc1. The molecule has 1 aromatic rings. The second-order valence-corrected chi connectivity index (χ2v) is 4.43. The lowest BCUT2D eigenvalue weighted by Gasteiger charge is -2.12. The van der Waals surface area contributed by atoms with Crippen LogP contribution in [0.5, 0.6) is 0 Å². The zero-order valence-corrected chi connectivity index (χ0v) is 12.2. The van der Waals surface area contributed by atoms with Gasteiger partial charge in [-0.1, -0.05) is 32.1 Å². The molecule has 0 saturated heterocycles. The number of anilines is 1. The molecular weight excluding hydrogens is 254 g/mol. The molecular formula is C16H21NO3. The molecule has 0 aromatic heterocycles. The molecule has 0 aliphatic heterocycles. The van der Waals surface area contributed by atoms with Crippen molar-refractivity contribution in [3.8, 4) is 0 Å². The van der Waals surface area contributed by atoms with Gasteiger partial charge in [-0.05, 0) is 37.5 Å². The van der Waals surface area contributed by atoms with Gasteiger partial charge in [-0.25, -0.2) is 4.79 Å². The maximum absolute atomic E-state index is 11.9. The van der Waals surface area contributed by atoms with E-state index in [2.05, 4.69) is 12.2 Å². The molecule has 0 spiro atoms. The van der Waals surface area contributed by atoms with Gasteiger partial charge < -0.3 is 10.1 Å². The zero-order valence-electron chi connectivity index (χ0n) is 12.2. The lowest BCUT2D eigenvalue weighted by Crippen LogP contribution is -2.29. The first kappa shape index (κ1) is 16.0. The highest BCUT2D eigenvalue weighted by atomic mass is 16.5. The average Bonchev–Trinajstić information content (AvgIpc) is 2.45. The molecule has 0 radical (unpaired) electrons. The number of aryl methyl sites for hydroxylation is 1. The third kappa shape index (κ3) is 5.26. The van der Waals surface area contributed by atoms with Gasteiger partial charge in [-0.3, -0.25) is 4.79 Å². The maximum atomic E-state index is 11.9. The van der Waals surface area contributed by atoms with Crippen molar-refractivity contribution >= 4 is 17.6 Å². The summed E-state index contributed by atoms with van der Waals surface area (Å²) in [5.41, 5.74) is 1.89. The van der Waals surface area contributed by atoms with Crippen molar-refractivity contribution in [2.24, 2.45) is 0 Å². The van der Waals surface area contributed by atoms with Gasteiger partial charge in [0.15, 0.2) is 6.10 Å². The predicted molar refractivity (Wildman–Crippen MR) is 79.4 cm³/mol. The summed E-state index contributed by atoms with van der Waals surface area (Å²) < 4.78 is 4.99. The highest BCUT2D eigenvalue weighted by Gasteiger charge is 2.16. The molecule has 20 heavy (non-hydrogen) atoms. The Bertz CT molecular complexity index is 477. The fraction of sp³-hybridized carbons (Fsp3) is 0.375. The van der Waals surface area contributed by atoms with Crippen LogP contribution < -0.4 is 5.32 Å². The minimum absolute atomic E-state index is 0.340. The van der Waals surface area contributed by atoms with Crippen LogP contribution in [0.3, 0.4) is 0 Å². The van der Waals surface area contributed by atoms with E-state index < -0.39 is 12.1 Å². The Morgan fingerprint density at radius 3 is 2.45 bits per heavy atom. The molecule has 0 aliphatic rings. The lowest BCUT2D eigenvalue weighted by atomic mass is 10.1. The summed E-state index contributed by atoms with van der Waals surface area (Å²) in [7, 11) is 0. The summed E-state index contributed by atoms with van der Waals surface area (Å²) in [4.78, 5) is 23.2. The van der Waals surface area contributed by atoms with Gasteiger partial charge in [-0.15, -0.1) is 0 Å². The summed E-state index contributed by atoms with van der Waals surface area (Å²) in [6, 6.07) is 7.58. The van der Waals surface area contributed by atoms with Crippen LogP contribution in [0.2, 0.25) is 0 Å². The Balaban J connectivity index is 2.52. The monoisotopic (exact) mass is 275 g/mol. The number of ether oxygens (including phenoxy) is 1. The maximum Gasteiger partial charge on any atom is 0.331 e. The Morgan fingerprint density at radius 2 is 1.90 bits per heavy atom. The van der Waals surface area contributed by atoms with Gasteiger partial charge in [0.1, 0.15) is 0 Å². The fourth-order valence-electron chi connectivity index (χ4n) is 1.55. The minimum Gasteiger partial charge on any atom is -0.449 e. The molecule has 0 fully saturated rings. The van der Waals surface area contributed by atoms with Crippen LogP contribution in [-0.2, 0) is 20.7 Å². The molecule has 4 heteroatoms. The third-order valence-corrected chi connectivity index (χ3v) is 2.78. The van der Waals surface area contributed by atoms with Crippen LogP contribution in [0.4, 0.5) is 5.69 Å². The van der Waals surface area contributed by atoms with Crippen LogP contribution >= 0.6 is 0 Å². The van der Waals surface area contributed by atoms with Crippen LogP contribution in [0.1, 0.15) is 32.8 Å². The van der Waals surface area contributed by atoms with E-state index in [0.717, 1.165) is 12.8 Å². The summed E-state index contributed by atoms with van der Waals surface area (Å²) >= 11 is 0. The van der Waals surface area contributed by atoms with Crippen molar-refractivity contribution in [3.05, 3.63) is 42.0 Å². The number of nitrogens with one attached hydrogen (secondary N) is 1. The van der Waals surface area contributed by atoms with E-state index in [4.69, 9.17) is 4.74 Å². The zero-order chi connectivity index (χ0) is 15.0. The van der Waals surface area contributed by atoms with E-state index in [1.165, 1.54) is 11.6 Å². The molecule has 0 saturated carbocycles. The van der Waals surface area contributed by atoms with Crippen LogP contribution in [0.15, 0.2) is 36.4 Å². The van der Waals surface area contributed by atoms with E-state index in [0.29, 0.717) is 5.69 Å². The first-order valence-electron chi connectivity index (χ1n) is 6.83. The van der Waals surface area contributed by atoms with Crippen LogP contribution in [-0.4, -0.2) is 18.0 Å². The van der Waals surface area contributed by atoms with Crippen LogP contribution in [0, 0.1) is 0 Å². The Kier molecular flexibility index (Phi) is 6.50. The summed E-state index contributed by atoms with van der Waals surface area (Å²) in [6.07, 6.45) is 3.90. The number of hydrogen-bond donors (Lipinski definition) is 1. The van der Waals surface area contributed by atoms with Crippen LogP contribution in [0.25, 0.3) is 0 Å². The van der Waals surface area contributed by atoms with E-state index in [1.54, 1.807) is 13.0 Å². The second-order valence-electron chi connectivity index (χ2n) is 4.43. The van der Waals surface area contributed by atoms with Gasteiger partial charge in [0, 0.05) is 11.8 Å². The van der Waals surface area contributed by atoms with E-state index >= 15 is 0 Å². The summed E-state index contributed by atoms with van der Waals surface area (Å²) in [5, 5.41) is 2.71. The highest BCUT2D eigenvalue weighted by molar-refractivity contribution is 5.95. The Morgan fingerprint density at radius 1 is 1.25 bits per heavy atom. The lowest BCUT2D eigenvalue weighted by molar-refractivity contribution is -0.148. The van der Waals surface area contributed by atoms with Gasteiger partial charge in [0.2, 0.25) is 0 Å². The fourth-order valence-corrected chi connectivity index (χ4v) is 1.55. The molecule has 0 unspecified atom stereocenters. The quantitative estimate of drug-likeness (QED) is 0.641. The van der Waals surface area contributed by atoms with E-state index in [1.807, 2.05) is 31.2 Å². The number of hydrogen-bond acceptors (Lipinski definition) is 3. The number of carbonyl (C=O) groups is 2. The minimum atomic E-state index is -0.824. The molecule has 108 valence electrons. The number of amides is 1. The average molecular weight is 275 g/mol. The standard InChI is InChI=1S/C16H21NO3/c1-4-6-7-15(18)20-12(3)16(19)17-14-10-8-13(5-2)9-11-14/h6-12H,4-5H2,1-3H3,(H,17,19)/b7-6+/t12-/m1/s1. The van der Waals surface area contributed by atoms with Crippen molar-refractivity contribution in [1.82, 2.24) is 0 Å². The molecule has 0 aliphatic carbocycles. The van der Waals surface area contributed by atoms with Gasteiger partial charge in [0.25, 0.3) is 5.91 Å². The molecule has 1 atom stereocenters. The van der Waals surface area contributed by atoms with Gasteiger partial charge in [0.05, 0.1) is 0 Å². The molecule has 1 N–H and O–H groups in total. The number of benzene rings is 1. The van der Waals surface area contributed by atoms with Crippen molar-refractivity contribution in [2.75, 3.05) is 5.32 Å². The smallest absolute Gasteiger partial charge is 0.331 e. The molecule has 0 bridgehead atoms.